The molecule has 1 heterocycles. The summed E-state index contributed by atoms with van der Waals surface area (Å²) in [5, 5.41) is 17.4. The van der Waals surface area contributed by atoms with Gasteiger partial charge in [-0.15, -0.1) is 0 Å². The number of nitrogens with zero attached hydrogens (tertiary/aromatic N) is 2. The third kappa shape index (κ3) is 2.88. The molecule has 2 N–H and O–H groups in total. The quantitative estimate of drug-likeness (QED) is 0.616. The van der Waals surface area contributed by atoms with E-state index in [0.29, 0.717) is 18.8 Å². The summed E-state index contributed by atoms with van der Waals surface area (Å²) in [6.07, 6.45) is 3.52. The summed E-state index contributed by atoms with van der Waals surface area (Å²) in [7, 11) is 0. The first-order valence-corrected chi connectivity index (χ1v) is 7.57. The summed E-state index contributed by atoms with van der Waals surface area (Å²) in [4.78, 5) is 14.1. The topological polar surface area (TPSA) is 64.9 Å². The van der Waals surface area contributed by atoms with Gasteiger partial charge in [-0.25, -0.2) is 4.79 Å². The lowest BCUT2D eigenvalue weighted by molar-refractivity contribution is 0.230. The fourth-order valence-electron chi connectivity index (χ4n) is 2.83. The van der Waals surface area contributed by atoms with E-state index in [1.165, 1.54) is 4.90 Å². The predicted molar refractivity (Wildman–Crippen MR) is 87.4 cm³/mol. The molecule has 0 radical (unpaired) electrons. The average Bonchev–Trinajstić information content (AvgIpc) is 2.80. The first kappa shape index (κ1) is 14.4. The Kier molecular flexibility index (Phi) is 4.23. The van der Waals surface area contributed by atoms with Gasteiger partial charge in [0, 0.05) is 18.4 Å². The molecule has 2 aromatic carbocycles. The lowest BCUT2D eigenvalue weighted by Crippen LogP contribution is -2.39. The van der Waals surface area contributed by atoms with Crippen molar-refractivity contribution in [3.8, 4) is 0 Å². The minimum absolute atomic E-state index is 0.244. The Morgan fingerprint density at radius 1 is 1.09 bits per heavy atom. The van der Waals surface area contributed by atoms with Gasteiger partial charge in [-0.3, -0.25) is 4.90 Å². The molecule has 1 aliphatic heterocycles. The van der Waals surface area contributed by atoms with Gasteiger partial charge >= 0.3 is 6.03 Å². The Bertz CT molecular complexity index is 707. The molecule has 0 aromatic heterocycles. The average molecular weight is 297 g/mol. The molecule has 0 atom stereocenters. The van der Waals surface area contributed by atoms with Gasteiger partial charge in [0.2, 0.25) is 0 Å². The number of likely N-dealkylation sites (tertiary alicyclic amines) is 1. The van der Waals surface area contributed by atoms with Crippen molar-refractivity contribution in [3.05, 3.63) is 42.5 Å². The molecular formula is C17H19N3O2. The Morgan fingerprint density at radius 2 is 1.91 bits per heavy atom. The van der Waals surface area contributed by atoms with Crippen LogP contribution in [0.4, 0.5) is 10.5 Å². The lowest BCUT2D eigenvalue weighted by Gasteiger charge is -2.21. The lowest BCUT2D eigenvalue weighted by atomic mass is 10.1. The standard InChI is InChI=1S/C17H19N3O2/c21-17(20-12-5-1-2-11-16(20)19-22)18-15-10-6-8-13-7-3-4-9-14(13)15/h3-4,6-10,22H,1-2,5,11-12H2,(H,18,21)/b19-16+. The molecular weight excluding hydrogens is 278 g/mol. The molecule has 0 unspecified atom stereocenters. The molecule has 3 rings (SSSR count). The number of hydrogen-bond acceptors (Lipinski definition) is 3. The number of hydrogen-bond donors (Lipinski definition) is 2. The highest BCUT2D eigenvalue weighted by molar-refractivity contribution is 6.07. The van der Waals surface area contributed by atoms with Crippen molar-refractivity contribution < 1.29 is 10.0 Å². The second kappa shape index (κ2) is 6.47. The molecule has 1 saturated heterocycles. The molecule has 5 heteroatoms. The van der Waals surface area contributed by atoms with Crippen molar-refractivity contribution in [3.63, 3.8) is 0 Å². The van der Waals surface area contributed by atoms with Crippen LogP contribution in [0.25, 0.3) is 10.8 Å². The summed E-state index contributed by atoms with van der Waals surface area (Å²) < 4.78 is 0. The van der Waals surface area contributed by atoms with Crippen LogP contribution in [0, 0.1) is 0 Å². The van der Waals surface area contributed by atoms with Crippen LogP contribution in [0.5, 0.6) is 0 Å². The molecule has 0 aliphatic carbocycles. The van der Waals surface area contributed by atoms with E-state index in [-0.39, 0.29) is 6.03 Å². The highest BCUT2D eigenvalue weighted by atomic mass is 16.4. The molecule has 1 aliphatic rings. The van der Waals surface area contributed by atoms with Crippen LogP contribution in [0.15, 0.2) is 47.6 Å². The number of nitrogens with one attached hydrogen (secondary N) is 1. The number of anilines is 1. The van der Waals surface area contributed by atoms with Gasteiger partial charge in [-0.05, 0) is 24.3 Å². The smallest absolute Gasteiger partial charge is 0.327 e. The van der Waals surface area contributed by atoms with Crippen molar-refractivity contribution >= 4 is 28.3 Å². The van der Waals surface area contributed by atoms with E-state index in [9.17, 15) is 4.79 Å². The maximum Gasteiger partial charge on any atom is 0.327 e. The number of amidine groups is 1. The monoisotopic (exact) mass is 297 g/mol. The summed E-state index contributed by atoms with van der Waals surface area (Å²) in [6.45, 7) is 0.579. The second-order valence-corrected chi connectivity index (χ2v) is 5.44. The minimum Gasteiger partial charge on any atom is -0.409 e. The van der Waals surface area contributed by atoms with E-state index >= 15 is 0 Å². The highest BCUT2D eigenvalue weighted by Gasteiger charge is 2.22. The Balaban J connectivity index is 1.86. The van der Waals surface area contributed by atoms with Crippen LogP contribution in [-0.4, -0.2) is 28.5 Å². The first-order chi connectivity index (χ1) is 10.8. The first-order valence-electron chi connectivity index (χ1n) is 7.57. The Morgan fingerprint density at radius 3 is 2.77 bits per heavy atom. The van der Waals surface area contributed by atoms with Crippen LogP contribution in [-0.2, 0) is 0 Å². The molecule has 1 fully saturated rings. The van der Waals surface area contributed by atoms with E-state index in [4.69, 9.17) is 5.21 Å². The molecule has 5 nitrogen and oxygen atoms in total. The summed E-state index contributed by atoms with van der Waals surface area (Å²) >= 11 is 0. The van der Waals surface area contributed by atoms with Gasteiger partial charge in [-0.1, -0.05) is 48.0 Å². The molecule has 0 spiro atoms. The zero-order valence-electron chi connectivity index (χ0n) is 12.3. The summed E-state index contributed by atoms with van der Waals surface area (Å²) in [5.41, 5.74) is 0.768. The number of oxime groups is 1. The maximum absolute atomic E-state index is 12.6. The molecule has 114 valence electrons. The SMILES string of the molecule is O=C(Nc1cccc2ccccc12)N1CCCCC/C1=N\O. The summed E-state index contributed by atoms with van der Waals surface area (Å²) in [6, 6.07) is 13.5. The van der Waals surface area contributed by atoms with Gasteiger partial charge < -0.3 is 10.5 Å². The Hall–Kier alpha value is -2.56. The third-order valence-corrected chi connectivity index (χ3v) is 3.99. The number of fused-ring (bicyclic) bond motifs is 1. The number of rotatable bonds is 1. The van der Waals surface area contributed by atoms with E-state index in [1.54, 1.807) is 0 Å². The number of carbonyl (C=O) groups is 1. The van der Waals surface area contributed by atoms with E-state index in [2.05, 4.69) is 10.5 Å². The summed E-state index contributed by atoms with van der Waals surface area (Å²) in [5.74, 6) is 0.440. The third-order valence-electron chi connectivity index (χ3n) is 3.99. The minimum atomic E-state index is -0.244. The van der Waals surface area contributed by atoms with Crippen molar-refractivity contribution in [1.82, 2.24) is 4.90 Å². The van der Waals surface area contributed by atoms with Gasteiger partial charge in [0.15, 0.2) is 5.84 Å². The zero-order chi connectivity index (χ0) is 15.4. The normalized spacial score (nSPS) is 17.5. The molecule has 0 saturated carbocycles. The largest absolute Gasteiger partial charge is 0.409 e. The van der Waals surface area contributed by atoms with Gasteiger partial charge in [0.05, 0.1) is 5.69 Å². The number of benzene rings is 2. The van der Waals surface area contributed by atoms with E-state index in [0.717, 1.165) is 35.7 Å². The van der Waals surface area contributed by atoms with Crippen LogP contribution in [0.1, 0.15) is 25.7 Å². The molecule has 0 bridgehead atoms. The van der Waals surface area contributed by atoms with Crippen molar-refractivity contribution in [2.24, 2.45) is 5.16 Å². The van der Waals surface area contributed by atoms with E-state index in [1.807, 2.05) is 42.5 Å². The maximum atomic E-state index is 12.6. The fraction of sp³-hybridized carbons (Fsp3) is 0.294. The van der Waals surface area contributed by atoms with Gasteiger partial charge in [0.25, 0.3) is 0 Å². The zero-order valence-corrected chi connectivity index (χ0v) is 12.3. The van der Waals surface area contributed by atoms with Crippen LogP contribution in [0.2, 0.25) is 0 Å². The van der Waals surface area contributed by atoms with Crippen LogP contribution < -0.4 is 5.32 Å². The molecule has 22 heavy (non-hydrogen) atoms. The van der Waals surface area contributed by atoms with Crippen LogP contribution >= 0.6 is 0 Å². The van der Waals surface area contributed by atoms with Gasteiger partial charge in [-0.2, -0.15) is 0 Å². The van der Waals surface area contributed by atoms with Crippen molar-refractivity contribution in [1.29, 1.82) is 0 Å². The Labute approximate surface area is 129 Å². The molecule has 2 amide bonds. The van der Waals surface area contributed by atoms with Crippen molar-refractivity contribution in [2.75, 3.05) is 11.9 Å². The second-order valence-electron chi connectivity index (χ2n) is 5.44. The molecule has 2 aromatic rings. The van der Waals surface area contributed by atoms with E-state index < -0.39 is 0 Å². The van der Waals surface area contributed by atoms with Gasteiger partial charge in [0.1, 0.15) is 0 Å². The fourth-order valence-corrected chi connectivity index (χ4v) is 2.83. The highest BCUT2D eigenvalue weighted by Crippen LogP contribution is 2.24. The van der Waals surface area contributed by atoms with Crippen LogP contribution in [0.3, 0.4) is 0 Å². The predicted octanol–water partition coefficient (Wildman–Crippen LogP) is 4.04. The van der Waals surface area contributed by atoms with Crippen molar-refractivity contribution in [2.45, 2.75) is 25.7 Å². The number of carbonyl (C=O) groups excluding carboxylic acids is 1. The number of amides is 2. The number of urea groups is 1.